The Hall–Kier alpha value is -2.71. The van der Waals surface area contributed by atoms with Crippen LogP contribution in [-0.2, 0) is 0 Å². The molecule has 2 rings (SSSR count). The minimum absolute atomic E-state index is 0.187. The van der Waals surface area contributed by atoms with Crippen molar-refractivity contribution in [3.63, 3.8) is 0 Å². The van der Waals surface area contributed by atoms with Crippen LogP contribution in [0.4, 0.5) is 5.95 Å². The lowest BCUT2D eigenvalue weighted by Gasteiger charge is -2.02. The summed E-state index contributed by atoms with van der Waals surface area (Å²) < 4.78 is 0. The predicted molar refractivity (Wildman–Crippen MR) is 70.4 cm³/mol. The molecule has 0 radical (unpaired) electrons. The fourth-order valence-electron chi connectivity index (χ4n) is 1.38. The molecule has 0 atom stereocenters. The molecule has 1 amide bonds. The fourth-order valence-corrected chi connectivity index (χ4v) is 1.38. The molecule has 1 heterocycles. The summed E-state index contributed by atoms with van der Waals surface area (Å²) >= 11 is 0. The van der Waals surface area contributed by atoms with Crippen LogP contribution in [0.2, 0.25) is 0 Å². The third-order valence-electron chi connectivity index (χ3n) is 2.25. The lowest BCUT2D eigenvalue weighted by Crippen LogP contribution is -2.13. The second-order valence-electron chi connectivity index (χ2n) is 3.56. The number of aliphatic hydroxyl groups excluding tert-OH is 1. The van der Waals surface area contributed by atoms with Gasteiger partial charge in [0.1, 0.15) is 6.61 Å². The second-order valence-corrected chi connectivity index (χ2v) is 3.56. The van der Waals surface area contributed by atoms with Crippen molar-refractivity contribution in [1.82, 2.24) is 9.97 Å². The number of rotatable bonds is 2. The summed E-state index contributed by atoms with van der Waals surface area (Å²) in [7, 11) is 0. The normalized spacial score (nSPS) is 9.32. The maximum absolute atomic E-state index is 11.9. The van der Waals surface area contributed by atoms with Crippen molar-refractivity contribution in [1.29, 1.82) is 0 Å². The van der Waals surface area contributed by atoms with Crippen LogP contribution in [-0.4, -0.2) is 27.6 Å². The van der Waals surface area contributed by atoms with Crippen molar-refractivity contribution in [3.8, 4) is 11.8 Å². The van der Waals surface area contributed by atoms with Crippen LogP contribution in [0.1, 0.15) is 15.9 Å². The van der Waals surface area contributed by atoms with E-state index >= 15 is 0 Å². The number of nitrogens with one attached hydrogen (secondary N) is 1. The van der Waals surface area contributed by atoms with Crippen molar-refractivity contribution in [2.24, 2.45) is 0 Å². The summed E-state index contributed by atoms with van der Waals surface area (Å²) in [6.07, 6.45) is 3.10. The topological polar surface area (TPSA) is 75.1 Å². The van der Waals surface area contributed by atoms with Gasteiger partial charge in [0.25, 0.3) is 5.91 Å². The van der Waals surface area contributed by atoms with E-state index in [-0.39, 0.29) is 18.5 Å². The summed E-state index contributed by atoms with van der Waals surface area (Å²) in [5.41, 5.74) is 1.23. The number of aromatic nitrogens is 2. The number of benzene rings is 1. The number of aliphatic hydroxyl groups is 1. The maximum atomic E-state index is 11.9. The Balaban J connectivity index is 2.08. The molecule has 1 aromatic carbocycles. The van der Waals surface area contributed by atoms with Crippen LogP contribution < -0.4 is 5.32 Å². The number of amides is 1. The zero-order valence-corrected chi connectivity index (χ0v) is 10.00. The molecule has 2 aromatic rings. The molecule has 0 bridgehead atoms. The van der Waals surface area contributed by atoms with Crippen LogP contribution >= 0.6 is 0 Å². The standard InChI is InChI=1S/C14H11N3O2/c18-10-1-3-11-4-6-12(7-5-11)13(19)17-14-15-8-2-9-16-14/h2,4-9,18H,10H2,(H,15,16,17,19). The molecule has 0 aliphatic heterocycles. The van der Waals surface area contributed by atoms with E-state index in [2.05, 4.69) is 27.1 Å². The molecule has 0 aliphatic carbocycles. The summed E-state index contributed by atoms with van der Waals surface area (Å²) in [6, 6.07) is 8.40. The lowest BCUT2D eigenvalue weighted by molar-refractivity contribution is 0.102. The minimum Gasteiger partial charge on any atom is -0.384 e. The summed E-state index contributed by atoms with van der Waals surface area (Å²) in [4.78, 5) is 19.7. The van der Waals surface area contributed by atoms with Crippen LogP contribution in [0.5, 0.6) is 0 Å². The van der Waals surface area contributed by atoms with Crippen LogP contribution in [0, 0.1) is 11.8 Å². The Labute approximate surface area is 110 Å². The van der Waals surface area contributed by atoms with Gasteiger partial charge in [0.2, 0.25) is 5.95 Å². The Bertz CT molecular complexity index is 613. The first-order chi connectivity index (χ1) is 9.29. The molecular formula is C14H11N3O2. The van der Waals surface area contributed by atoms with Crippen molar-refractivity contribution in [2.75, 3.05) is 11.9 Å². The van der Waals surface area contributed by atoms with Gasteiger partial charge in [-0.2, -0.15) is 0 Å². The summed E-state index contributed by atoms with van der Waals surface area (Å²) in [5.74, 6) is 5.27. The molecule has 2 N–H and O–H groups in total. The van der Waals surface area contributed by atoms with E-state index in [1.165, 1.54) is 0 Å². The number of hydrogen-bond donors (Lipinski definition) is 2. The highest BCUT2D eigenvalue weighted by molar-refractivity contribution is 6.03. The molecular weight excluding hydrogens is 242 g/mol. The smallest absolute Gasteiger partial charge is 0.258 e. The van der Waals surface area contributed by atoms with Crippen molar-refractivity contribution >= 4 is 11.9 Å². The molecule has 0 fully saturated rings. The Kier molecular flexibility index (Phi) is 4.21. The van der Waals surface area contributed by atoms with Crippen LogP contribution in [0.15, 0.2) is 42.7 Å². The second kappa shape index (κ2) is 6.28. The SMILES string of the molecule is O=C(Nc1ncccn1)c1ccc(C#CCO)cc1. The highest BCUT2D eigenvalue weighted by Crippen LogP contribution is 2.05. The summed E-state index contributed by atoms with van der Waals surface area (Å²) in [6.45, 7) is -0.187. The molecule has 1 aromatic heterocycles. The first-order valence-electron chi connectivity index (χ1n) is 5.58. The van der Waals surface area contributed by atoms with Crippen molar-refractivity contribution < 1.29 is 9.90 Å². The number of carbonyl (C=O) groups excluding carboxylic acids is 1. The van der Waals surface area contributed by atoms with Gasteiger partial charge >= 0.3 is 0 Å². The van der Waals surface area contributed by atoms with Gasteiger partial charge in [0.05, 0.1) is 0 Å². The molecule has 0 spiro atoms. The first-order valence-corrected chi connectivity index (χ1v) is 5.58. The van der Waals surface area contributed by atoms with E-state index in [1.807, 2.05) is 0 Å². The highest BCUT2D eigenvalue weighted by Gasteiger charge is 2.06. The van der Waals surface area contributed by atoms with Gasteiger partial charge < -0.3 is 5.11 Å². The molecule has 5 nitrogen and oxygen atoms in total. The van der Waals surface area contributed by atoms with E-state index in [0.717, 1.165) is 5.56 Å². The van der Waals surface area contributed by atoms with Gasteiger partial charge in [0.15, 0.2) is 0 Å². The Morgan fingerprint density at radius 1 is 1.21 bits per heavy atom. The van der Waals surface area contributed by atoms with E-state index in [0.29, 0.717) is 5.56 Å². The zero-order chi connectivity index (χ0) is 13.5. The molecule has 5 heteroatoms. The monoisotopic (exact) mass is 253 g/mol. The quantitative estimate of drug-likeness (QED) is 0.785. The summed E-state index contributed by atoms with van der Waals surface area (Å²) in [5, 5.41) is 11.2. The molecule has 19 heavy (non-hydrogen) atoms. The average Bonchev–Trinajstić information content (AvgIpc) is 2.46. The Morgan fingerprint density at radius 2 is 1.89 bits per heavy atom. The van der Waals surface area contributed by atoms with E-state index in [9.17, 15) is 4.79 Å². The van der Waals surface area contributed by atoms with Gasteiger partial charge in [-0.25, -0.2) is 9.97 Å². The van der Waals surface area contributed by atoms with E-state index in [1.54, 1.807) is 42.7 Å². The van der Waals surface area contributed by atoms with Gasteiger partial charge in [-0.15, -0.1) is 0 Å². The molecule has 94 valence electrons. The number of hydrogen-bond acceptors (Lipinski definition) is 4. The Morgan fingerprint density at radius 3 is 2.53 bits per heavy atom. The largest absolute Gasteiger partial charge is 0.384 e. The molecule has 0 saturated heterocycles. The van der Waals surface area contributed by atoms with Crippen molar-refractivity contribution in [3.05, 3.63) is 53.9 Å². The third kappa shape index (κ3) is 3.63. The number of carbonyl (C=O) groups is 1. The van der Waals surface area contributed by atoms with Crippen LogP contribution in [0.25, 0.3) is 0 Å². The van der Waals surface area contributed by atoms with E-state index < -0.39 is 0 Å². The fraction of sp³-hybridized carbons (Fsp3) is 0.0714. The zero-order valence-electron chi connectivity index (χ0n) is 10.00. The van der Waals surface area contributed by atoms with Crippen molar-refractivity contribution in [2.45, 2.75) is 0 Å². The predicted octanol–water partition coefficient (Wildman–Crippen LogP) is 1.07. The third-order valence-corrected chi connectivity index (χ3v) is 2.25. The van der Waals surface area contributed by atoms with Gasteiger partial charge in [0, 0.05) is 23.5 Å². The molecule has 0 unspecified atom stereocenters. The van der Waals surface area contributed by atoms with E-state index in [4.69, 9.17) is 5.11 Å². The van der Waals surface area contributed by atoms with Gasteiger partial charge in [-0.05, 0) is 30.3 Å². The van der Waals surface area contributed by atoms with Gasteiger partial charge in [-0.1, -0.05) is 11.8 Å². The lowest BCUT2D eigenvalue weighted by atomic mass is 10.1. The maximum Gasteiger partial charge on any atom is 0.258 e. The molecule has 0 saturated carbocycles. The number of nitrogens with zero attached hydrogens (tertiary/aromatic N) is 2. The highest BCUT2D eigenvalue weighted by atomic mass is 16.2. The first kappa shape index (κ1) is 12.7. The van der Waals surface area contributed by atoms with Crippen LogP contribution in [0.3, 0.4) is 0 Å². The van der Waals surface area contributed by atoms with Gasteiger partial charge in [-0.3, -0.25) is 10.1 Å². The molecule has 0 aliphatic rings. The average molecular weight is 253 g/mol. The number of anilines is 1. The minimum atomic E-state index is -0.284.